The van der Waals surface area contributed by atoms with Crippen LogP contribution in [0.5, 0.6) is 0 Å². The molecular weight excluding hydrogens is 478 g/mol. The molecule has 0 aliphatic heterocycles. The monoisotopic (exact) mass is 512 g/mol. The Morgan fingerprint density at radius 2 is 1.25 bits per heavy atom. The van der Waals surface area contributed by atoms with Crippen molar-refractivity contribution in [1.29, 1.82) is 0 Å². The summed E-state index contributed by atoms with van der Waals surface area (Å²) in [7, 11) is 0. The van der Waals surface area contributed by atoms with Gasteiger partial charge in [0.1, 0.15) is 0 Å². The zero-order valence-corrected chi connectivity index (χ0v) is 23.2. The van der Waals surface area contributed by atoms with Gasteiger partial charge < -0.3 is 9.41 Å². The number of allylic oxidation sites excluding steroid dienone is 4. The van der Waals surface area contributed by atoms with Gasteiger partial charge in [-0.05, 0) is 0 Å². The first-order chi connectivity index (χ1) is 14.0. The smallest absolute Gasteiger partial charge is 1.00 e. The Bertz CT molecular complexity index is 1040. The summed E-state index contributed by atoms with van der Waals surface area (Å²) in [4.78, 5) is 0. The van der Waals surface area contributed by atoms with Crippen LogP contribution in [0.4, 0.5) is 0 Å². The van der Waals surface area contributed by atoms with E-state index in [2.05, 4.69) is 110 Å². The van der Waals surface area contributed by atoms with Crippen molar-refractivity contribution < 1.29 is 30.7 Å². The van der Waals surface area contributed by atoms with Crippen LogP contribution in [0.15, 0.2) is 57.9 Å². The van der Waals surface area contributed by atoms with Crippen LogP contribution in [0.3, 0.4) is 0 Å². The molecule has 2 aliphatic rings. The summed E-state index contributed by atoms with van der Waals surface area (Å²) in [5.74, 6) is 0. The van der Waals surface area contributed by atoms with Gasteiger partial charge in [-0.15, -0.1) is 0 Å². The molecule has 0 nitrogen and oxygen atoms in total. The summed E-state index contributed by atoms with van der Waals surface area (Å²) in [5.41, 5.74) is 9.44. The third-order valence-corrected chi connectivity index (χ3v) is 14.9. The molecule has 0 saturated carbocycles. The Morgan fingerprint density at radius 1 is 0.781 bits per heavy atom. The maximum atomic E-state index is 2.56. The summed E-state index contributed by atoms with van der Waals surface area (Å²) in [6.07, 6.45) is 8.25. The average molecular weight is 514 g/mol. The fourth-order valence-corrected chi connectivity index (χ4v) is 13.1. The fraction of sp³-hybridized carbons (Fsp3) is 0.414. The van der Waals surface area contributed by atoms with E-state index in [1.807, 2.05) is 0 Å². The Labute approximate surface area is 200 Å². The molecule has 0 N–H and O–H groups in total. The second-order valence-corrected chi connectivity index (χ2v) is 18.8. The summed E-state index contributed by atoms with van der Waals surface area (Å²) >= 11 is -2.06. The van der Waals surface area contributed by atoms with Crippen LogP contribution < -0.4 is 9.41 Å². The molecule has 2 aromatic rings. The molecule has 0 bridgehead atoms. The Hall–Kier alpha value is -1.47. The van der Waals surface area contributed by atoms with Crippen LogP contribution in [0.1, 0.15) is 87.7 Å². The van der Waals surface area contributed by atoms with Crippen molar-refractivity contribution in [3.63, 3.8) is 0 Å². The van der Waals surface area contributed by atoms with Gasteiger partial charge in [0.2, 0.25) is 0 Å². The van der Waals surface area contributed by atoms with Crippen LogP contribution in [-0.4, -0.2) is 3.21 Å². The number of benzene rings is 2. The molecule has 2 aromatic carbocycles. The molecule has 0 amide bonds. The molecule has 170 valence electrons. The third-order valence-electron chi connectivity index (χ3n) is 6.69. The van der Waals surface area contributed by atoms with Gasteiger partial charge in [0.05, 0.1) is 0 Å². The van der Waals surface area contributed by atoms with Crippen molar-refractivity contribution in [2.24, 2.45) is 0 Å². The van der Waals surface area contributed by atoms with E-state index in [4.69, 9.17) is 0 Å². The molecule has 0 unspecified atom stereocenters. The summed E-state index contributed by atoms with van der Waals surface area (Å²) < 4.78 is 4.06. The molecule has 0 saturated heterocycles. The Balaban J connectivity index is 0.00000181. The maximum Gasteiger partial charge on any atom is -1.00 e. The molecule has 32 heavy (non-hydrogen) atoms. The zero-order valence-electron chi connectivity index (χ0n) is 20.7. The van der Waals surface area contributed by atoms with E-state index >= 15 is 0 Å². The minimum absolute atomic E-state index is 0. The van der Waals surface area contributed by atoms with Gasteiger partial charge in [-0.3, -0.25) is 0 Å². The molecule has 0 fully saturated rings. The largest absolute Gasteiger partial charge is 1.00 e. The molecule has 0 radical (unpaired) electrons. The number of halogens is 2. The first kappa shape index (κ1) is 26.8. The molecule has 0 spiro atoms. The van der Waals surface area contributed by atoms with Gasteiger partial charge in [-0.25, -0.2) is 0 Å². The minimum Gasteiger partial charge on any atom is -1.00 e. The van der Waals surface area contributed by atoms with Crippen molar-refractivity contribution in [3.05, 3.63) is 80.2 Å². The first-order valence-electron chi connectivity index (χ1n) is 11.3. The first-order valence-corrected chi connectivity index (χ1v) is 15.2. The minimum atomic E-state index is -2.06. The average Bonchev–Trinajstić information content (AvgIpc) is 3.27. The predicted molar refractivity (Wildman–Crippen MR) is 129 cm³/mol. The van der Waals surface area contributed by atoms with Crippen molar-refractivity contribution in [1.82, 2.24) is 0 Å². The van der Waals surface area contributed by atoms with E-state index in [1.165, 1.54) is 28.7 Å². The van der Waals surface area contributed by atoms with Crippen LogP contribution in [0, 0.1) is 0 Å². The van der Waals surface area contributed by atoms with E-state index < -0.39 is 21.3 Å². The van der Waals surface area contributed by atoms with Crippen LogP contribution >= 0.6 is 0 Å². The Kier molecular flexibility index (Phi) is 7.88. The third kappa shape index (κ3) is 4.74. The zero-order chi connectivity index (χ0) is 21.8. The van der Waals surface area contributed by atoms with Crippen molar-refractivity contribution >= 4 is 3.21 Å². The van der Waals surface area contributed by atoms with Gasteiger partial charge in [0, 0.05) is 0 Å². The van der Waals surface area contributed by atoms with E-state index in [1.54, 1.807) is 17.6 Å². The molecule has 0 aromatic heterocycles. The second kappa shape index (κ2) is 9.42. The predicted octanol–water partition coefficient (Wildman–Crippen LogP) is 2.03. The molecule has 0 heterocycles. The van der Waals surface area contributed by atoms with Crippen LogP contribution in [0.2, 0.25) is 0 Å². The van der Waals surface area contributed by atoms with E-state index in [0.717, 1.165) is 0 Å². The van der Waals surface area contributed by atoms with E-state index in [9.17, 15) is 0 Å². The number of fused-ring (bicyclic) bond motifs is 3. The maximum absolute atomic E-state index is 2.56. The van der Waals surface area contributed by atoms with Crippen molar-refractivity contribution in [2.45, 2.75) is 76.3 Å². The van der Waals surface area contributed by atoms with Crippen molar-refractivity contribution in [2.75, 3.05) is 0 Å². The number of hydrogen-bond donors (Lipinski definition) is 0. The van der Waals surface area contributed by atoms with E-state index in [-0.39, 0.29) is 20.2 Å². The SMILES string of the molecule is C[C](C)=[Zr+2]([C]1=CC=CC1)[CH]1c2cc(C(C)(C)C)ccc2-c2ccc(C(C)(C)C)cc21.[F-].[F-]. The fourth-order valence-electron chi connectivity index (χ4n) is 4.95. The van der Waals surface area contributed by atoms with Gasteiger partial charge in [-0.2, -0.15) is 0 Å². The summed E-state index contributed by atoms with van der Waals surface area (Å²) in [6.45, 7) is 18.8. The molecular formula is C29H36F2Zr. The quantitative estimate of drug-likeness (QED) is 0.577. The molecule has 3 heteroatoms. The number of rotatable bonds is 2. The van der Waals surface area contributed by atoms with Crippen molar-refractivity contribution in [3.8, 4) is 11.1 Å². The molecule has 4 rings (SSSR count). The van der Waals surface area contributed by atoms with Gasteiger partial charge in [0.25, 0.3) is 0 Å². The normalized spacial score (nSPS) is 14.5. The van der Waals surface area contributed by atoms with Crippen LogP contribution in [0.25, 0.3) is 11.1 Å². The van der Waals surface area contributed by atoms with Crippen LogP contribution in [-0.2, 0) is 32.1 Å². The van der Waals surface area contributed by atoms with Gasteiger partial charge in [0.15, 0.2) is 0 Å². The Morgan fingerprint density at radius 3 is 1.59 bits per heavy atom. The standard InChI is InChI=1S/C21H25.C5H5.C3H6.2FH.Zr/c1-20(2,3)16-7-9-18-14(12-16)11-15-13-17(21(4,5)6)8-10-19(15)18;1-2-4-5-3-1;1-3-2;;;/h7-13H,1-6H3;1-3H,4H2;1-2H3;2*1H;/q;;;;;+2/p-2. The topological polar surface area (TPSA) is 0 Å². The molecule has 2 aliphatic carbocycles. The van der Waals surface area contributed by atoms with Gasteiger partial charge >= 0.3 is 192 Å². The summed E-state index contributed by atoms with van der Waals surface area (Å²) in [6, 6.07) is 14.7. The number of hydrogen-bond acceptors (Lipinski definition) is 0. The second-order valence-electron chi connectivity index (χ2n) is 11.3. The van der Waals surface area contributed by atoms with E-state index in [0.29, 0.717) is 3.63 Å². The summed E-state index contributed by atoms with van der Waals surface area (Å²) in [5, 5.41) is 0. The molecule has 0 atom stereocenters. The van der Waals surface area contributed by atoms with Gasteiger partial charge in [-0.1, -0.05) is 0 Å².